The number of hydrogen-bond donors (Lipinski definition) is 0. The smallest absolute Gasteiger partial charge is 0.120 e. The van der Waals surface area contributed by atoms with Gasteiger partial charge in [-0.3, -0.25) is 0 Å². The van der Waals surface area contributed by atoms with Gasteiger partial charge in [0.15, 0.2) is 0 Å². The van der Waals surface area contributed by atoms with Crippen molar-refractivity contribution in [2.24, 2.45) is 17.0 Å². The van der Waals surface area contributed by atoms with Gasteiger partial charge in [0.1, 0.15) is 6.61 Å². The van der Waals surface area contributed by atoms with Crippen molar-refractivity contribution in [3.63, 3.8) is 0 Å². The van der Waals surface area contributed by atoms with E-state index in [0.717, 1.165) is 18.7 Å². The van der Waals surface area contributed by atoms with Crippen LogP contribution in [0.15, 0.2) is 41.1 Å². The van der Waals surface area contributed by atoms with Gasteiger partial charge in [-0.25, -0.2) is 0 Å². The lowest BCUT2D eigenvalue weighted by molar-refractivity contribution is 0.100. The quantitative estimate of drug-likeness (QED) is 0.724. The molecule has 3 nitrogen and oxygen atoms in total. The predicted octanol–water partition coefficient (Wildman–Crippen LogP) is 4.46. The van der Waals surface area contributed by atoms with Crippen molar-refractivity contribution in [1.82, 2.24) is 4.90 Å². The average Bonchev–Trinajstić information content (AvgIpc) is 2.50. The molecule has 0 N–H and O–H groups in total. The van der Waals surface area contributed by atoms with E-state index in [1.807, 2.05) is 0 Å². The Kier molecular flexibility index (Phi) is 6.85. The highest BCUT2D eigenvalue weighted by molar-refractivity contribution is 6.05. The van der Waals surface area contributed by atoms with Gasteiger partial charge in [-0.1, -0.05) is 49.3 Å². The molecule has 23 heavy (non-hydrogen) atoms. The van der Waals surface area contributed by atoms with E-state index < -0.39 is 0 Å². The van der Waals surface area contributed by atoms with E-state index in [1.165, 1.54) is 24.0 Å². The molecule has 0 spiro atoms. The van der Waals surface area contributed by atoms with Gasteiger partial charge in [-0.05, 0) is 50.6 Å². The third-order valence-corrected chi connectivity index (χ3v) is 4.22. The monoisotopic (exact) mass is 314 g/mol. The first-order valence-electron chi connectivity index (χ1n) is 8.67. The van der Waals surface area contributed by atoms with Crippen LogP contribution in [0.3, 0.4) is 0 Å². The van der Waals surface area contributed by atoms with Gasteiger partial charge in [0.2, 0.25) is 0 Å². The minimum absolute atomic E-state index is 0.475. The molecule has 0 radical (unpaired) electrons. The van der Waals surface area contributed by atoms with Gasteiger partial charge >= 0.3 is 0 Å². The van der Waals surface area contributed by atoms with Crippen molar-refractivity contribution < 1.29 is 4.84 Å². The SMILES string of the molecule is C[C@@H](CON=C1/C(=C/c2ccccc2)CCC[C@@H]1C)CN(C)C. The third-order valence-electron chi connectivity index (χ3n) is 4.22. The summed E-state index contributed by atoms with van der Waals surface area (Å²) >= 11 is 0. The normalized spacial score (nSPS) is 23.4. The summed E-state index contributed by atoms with van der Waals surface area (Å²) in [5.74, 6) is 0.956. The van der Waals surface area contributed by atoms with Crippen molar-refractivity contribution >= 4 is 11.8 Å². The first-order valence-corrected chi connectivity index (χ1v) is 8.67. The van der Waals surface area contributed by atoms with Crippen LogP contribution in [0.1, 0.15) is 38.7 Å². The predicted molar refractivity (Wildman–Crippen MR) is 98.5 cm³/mol. The Labute approximate surface area is 141 Å². The molecule has 3 heteroatoms. The minimum Gasteiger partial charge on any atom is -0.395 e. The first kappa shape index (κ1) is 17.7. The fourth-order valence-electron chi connectivity index (χ4n) is 3.14. The molecule has 1 aliphatic carbocycles. The van der Waals surface area contributed by atoms with Gasteiger partial charge in [-0.2, -0.15) is 0 Å². The molecule has 2 rings (SSSR count). The van der Waals surface area contributed by atoms with Gasteiger partial charge < -0.3 is 9.74 Å². The molecular formula is C20H30N2O. The summed E-state index contributed by atoms with van der Waals surface area (Å²) in [7, 11) is 4.18. The zero-order valence-corrected chi connectivity index (χ0v) is 15.0. The molecule has 0 saturated heterocycles. The van der Waals surface area contributed by atoms with Crippen LogP contribution in [0.5, 0.6) is 0 Å². The summed E-state index contributed by atoms with van der Waals surface area (Å²) in [6.07, 6.45) is 5.78. The van der Waals surface area contributed by atoms with Crippen LogP contribution in [0.2, 0.25) is 0 Å². The van der Waals surface area contributed by atoms with E-state index in [4.69, 9.17) is 4.84 Å². The lowest BCUT2D eigenvalue weighted by Gasteiger charge is -2.23. The molecule has 1 fully saturated rings. The minimum atomic E-state index is 0.475. The summed E-state index contributed by atoms with van der Waals surface area (Å²) < 4.78 is 0. The lowest BCUT2D eigenvalue weighted by atomic mass is 9.84. The van der Waals surface area contributed by atoms with Gasteiger partial charge in [-0.15, -0.1) is 0 Å². The molecule has 1 saturated carbocycles. The highest BCUT2D eigenvalue weighted by atomic mass is 16.6. The fraction of sp³-hybridized carbons (Fsp3) is 0.550. The van der Waals surface area contributed by atoms with Crippen LogP contribution in [-0.4, -0.2) is 37.9 Å². The summed E-state index contributed by atoms with van der Waals surface area (Å²) in [6.45, 7) is 6.15. The number of oxime groups is 1. The summed E-state index contributed by atoms with van der Waals surface area (Å²) in [5, 5.41) is 4.52. The molecule has 0 bridgehead atoms. The summed E-state index contributed by atoms with van der Waals surface area (Å²) in [6, 6.07) is 10.5. The van der Waals surface area contributed by atoms with Crippen LogP contribution in [-0.2, 0) is 4.84 Å². The molecule has 1 aromatic rings. The second-order valence-corrected chi connectivity index (χ2v) is 7.01. The summed E-state index contributed by atoms with van der Waals surface area (Å²) in [5.41, 5.74) is 3.71. The van der Waals surface area contributed by atoms with E-state index in [0.29, 0.717) is 18.4 Å². The average molecular weight is 314 g/mol. The largest absolute Gasteiger partial charge is 0.395 e. The fourth-order valence-corrected chi connectivity index (χ4v) is 3.14. The maximum absolute atomic E-state index is 5.69. The molecule has 0 amide bonds. The van der Waals surface area contributed by atoms with Gasteiger partial charge in [0.25, 0.3) is 0 Å². The van der Waals surface area contributed by atoms with Crippen LogP contribution >= 0.6 is 0 Å². The molecule has 0 heterocycles. The number of nitrogens with zero attached hydrogens (tertiary/aromatic N) is 2. The highest BCUT2D eigenvalue weighted by Crippen LogP contribution is 2.28. The Morgan fingerprint density at radius 3 is 2.74 bits per heavy atom. The topological polar surface area (TPSA) is 24.8 Å². The molecular weight excluding hydrogens is 284 g/mol. The Balaban J connectivity index is 2.05. The Morgan fingerprint density at radius 2 is 2.04 bits per heavy atom. The maximum Gasteiger partial charge on any atom is 0.120 e. The van der Waals surface area contributed by atoms with Gasteiger partial charge in [0.05, 0.1) is 5.71 Å². The van der Waals surface area contributed by atoms with Crippen molar-refractivity contribution in [2.75, 3.05) is 27.2 Å². The van der Waals surface area contributed by atoms with E-state index in [1.54, 1.807) is 0 Å². The van der Waals surface area contributed by atoms with Crippen molar-refractivity contribution in [1.29, 1.82) is 0 Å². The highest BCUT2D eigenvalue weighted by Gasteiger charge is 2.21. The number of benzene rings is 1. The van der Waals surface area contributed by atoms with Crippen molar-refractivity contribution in [2.45, 2.75) is 33.1 Å². The molecule has 0 aromatic heterocycles. The Hall–Kier alpha value is -1.61. The first-order chi connectivity index (χ1) is 11.1. The summed E-state index contributed by atoms with van der Waals surface area (Å²) in [4.78, 5) is 7.88. The van der Waals surface area contributed by atoms with E-state index in [9.17, 15) is 0 Å². The van der Waals surface area contributed by atoms with Crippen LogP contribution in [0.4, 0.5) is 0 Å². The van der Waals surface area contributed by atoms with E-state index >= 15 is 0 Å². The molecule has 0 aliphatic heterocycles. The van der Waals surface area contributed by atoms with E-state index in [-0.39, 0.29) is 0 Å². The molecule has 126 valence electrons. The third kappa shape index (κ3) is 5.83. The second kappa shape index (κ2) is 8.88. The Bertz CT molecular complexity index is 534. The van der Waals surface area contributed by atoms with Crippen molar-refractivity contribution in [3.05, 3.63) is 41.5 Å². The van der Waals surface area contributed by atoms with Gasteiger partial charge in [0, 0.05) is 18.4 Å². The zero-order chi connectivity index (χ0) is 16.7. The van der Waals surface area contributed by atoms with E-state index in [2.05, 4.69) is 74.4 Å². The lowest BCUT2D eigenvalue weighted by Crippen LogP contribution is -2.23. The zero-order valence-electron chi connectivity index (χ0n) is 15.0. The van der Waals surface area contributed by atoms with Crippen molar-refractivity contribution in [3.8, 4) is 0 Å². The second-order valence-electron chi connectivity index (χ2n) is 7.01. The number of hydrogen-bond acceptors (Lipinski definition) is 3. The number of rotatable bonds is 6. The molecule has 0 unspecified atom stereocenters. The standard InChI is InChI=1S/C20H30N2O/c1-16(14-22(3)4)15-23-21-20-17(2)9-8-12-19(20)13-18-10-6-5-7-11-18/h5-7,10-11,13,16-17H,8-9,12,14-15H2,1-4H3/b19-13+,21-20?/t16-,17+/m1/s1. The van der Waals surface area contributed by atoms with Crippen LogP contribution in [0.25, 0.3) is 6.08 Å². The Morgan fingerprint density at radius 1 is 1.30 bits per heavy atom. The maximum atomic E-state index is 5.69. The molecule has 1 aliphatic rings. The van der Waals surface area contributed by atoms with Crippen LogP contribution in [0, 0.1) is 11.8 Å². The van der Waals surface area contributed by atoms with Crippen LogP contribution < -0.4 is 0 Å². The molecule has 1 aromatic carbocycles. The molecule has 2 atom stereocenters. The number of allylic oxidation sites excluding steroid dienone is 1.